The van der Waals surface area contributed by atoms with Crippen LogP contribution in [-0.2, 0) is 23.9 Å². The van der Waals surface area contributed by atoms with Gasteiger partial charge in [-0.25, -0.2) is 9.97 Å². The number of aromatic nitrogens is 2. The number of hydrogen-bond donors (Lipinski definition) is 3. The Hall–Kier alpha value is -2.88. The Balaban J connectivity index is 1.30. The van der Waals surface area contributed by atoms with E-state index in [9.17, 15) is 18.0 Å². The molecule has 1 aromatic heterocycles. The maximum Gasteiger partial charge on any atom is 0.419 e. The van der Waals surface area contributed by atoms with Crippen molar-refractivity contribution in [2.75, 3.05) is 19.5 Å². The third kappa shape index (κ3) is 6.00. The second-order valence-electron chi connectivity index (χ2n) is 11.3. The van der Waals surface area contributed by atoms with Crippen molar-refractivity contribution in [1.29, 1.82) is 0 Å². The molecule has 1 heterocycles. The molecule has 1 spiro atoms. The molecule has 2 aromatic rings. The average Bonchev–Trinajstić information content (AvgIpc) is 3.56. The van der Waals surface area contributed by atoms with Crippen LogP contribution >= 0.6 is 0 Å². The standard InChI is InChI=1S/C29H38F3N5O2/c1-33-16-18-9-11-23(24(14-18)39-2)36-27-34-17-21(29(30,31)32)22(35-27)12-10-20-15-28(20)13-4-3-8-25(28)37-26(38)19-6-5-7-19/h9,11,14,17,19-20,25,33H,3-8,10,12-13,15-16H2,1-2H3,(H,37,38)(H,34,35,36)/t20-,25+,28-/m0/s1. The topological polar surface area (TPSA) is 88.2 Å². The van der Waals surface area contributed by atoms with Crippen molar-refractivity contribution < 1.29 is 22.7 Å². The van der Waals surface area contributed by atoms with Gasteiger partial charge in [-0.2, -0.15) is 13.2 Å². The van der Waals surface area contributed by atoms with Crippen LogP contribution < -0.4 is 20.7 Å². The third-order valence-electron chi connectivity index (χ3n) is 8.95. The Morgan fingerprint density at radius 2 is 2.00 bits per heavy atom. The number of hydrogen-bond acceptors (Lipinski definition) is 6. The number of alkyl halides is 3. The summed E-state index contributed by atoms with van der Waals surface area (Å²) in [6, 6.07) is 5.71. The molecule has 0 bridgehead atoms. The first-order valence-corrected chi connectivity index (χ1v) is 14.1. The predicted molar refractivity (Wildman–Crippen MR) is 143 cm³/mol. The van der Waals surface area contributed by atoms with Crippen LogP contribution in [0.2, 0.25) is 0 Å². The van der Waals surface area contributed by atoms with E-state index < -0.39 is 11.7 Å². The molecule has 3 atom stereocenters. The van der Waals surface area contributed by atoms with E-state index in [-0.39, 0.29) is 47.3 Å². The minimum atomic E-state index is -4.54. The minimum absolute atomic E-state index is 0.00122. The molecule has 212 valence electrons. The molecule has 5 rings (SSSR count). The fourth-order valence-electron chi connectivity index (χ4n) is 6.45. The Kier molecular flexibility index (Phi) is 8.03. The summed E-state index contributed by atoms with van der Waals surface area (Å²) in [6.07, 6.45) is 5.33. The average molecular weight is 546 g/mol. The van der Waals surface area contributed by atoms with Crippen LogP contribution in [0.25, 0.3) is 0 Å². The summed E-state index contributed by atoms with van der Waals surface area (Å²) < 4.78 is 47.1. The van der Waals surface area contributed by atoms with Crippen molar-refractivity contribution in [3.63, 3.8) is 0 Å². The highest BCUT2D eigenvalue weighted by molar-refractivity contribution is 5.79. The molecule has 3 aliphatic carbocycles. The van der Waals surface area contributed by atoms with Gasteiger partial charge in [-0.05, 0) is 81.0 Å². The fraction of sp³-hybridized carbons (Fsp3) is 0.621. The smallest absolute Gasteiger partial charge is 0.419 e. The molecule has 3 fully saturated rings. The SMILES string of the molecule is CNCc1ccc(Nc2ncc(C(F)(F)F)c(CC[C@H]3C[C@@]34CCCC[C@H]4NC(=O)C3CCC3)n2)c(OC)c1. The van der Waals surface area contributed by atoms with E-state index in [2.05, 4.69) is 25.9 Å². The van der Waals surface area contributed by atoms with Gasteiger partial charge in [0.1, 0.15) is 5.75 Å². The predicted octanol–water partition coefficient (Wildman–Crippen LogP) is 5.76. The molecule has 1 aromatic carbocycles. The maximum absolute atomic E-state index is 13.9. The second kappa shape index (κ2) is 11.3. The highest BCUT2D eigenvalue weighted by Crippen LogP contribution is 2.63. The molecule has 39 heavy (non-hydrogen) atoms. The largest absolute Gasteiger partial charge is 0.495 e. The van der Waals surface area contributed by atoms with Crippen LogP contribution in [0.5, 0.6) is 5.75 Å². The van der Waals surface area contributed by atoms with E-state index in [0.29, 0.717) is 24.4 Å². The first-order valence-electron chi connectivity index (χ1n) is 14.1. The minimum Gasteiger partial charge on any atom is -0.495 e. The first kappa shape index (κ1) is 27.7. The van der Waals surface area contributed by atoms with Crippen LogP contribution in [0.3, 0.4) is 0 Å². The van der Waals surface area contributed by atoms with Crippen LogP contribution in [0.1, 0.15) is 74.6 Å². The maximum atomic E-state index is 13.9. The number of carbonyl (C=O) groups excluding carboxylic acids is 1. The van der Waals surface area contributed by atoms with Gasteiger partial charge in [0.05, 0.1) is 24.1 Å². The first-order chi connectivity index (χ1) is 18.7. The van der Waals surface area contributed by atoms with Crippen LogP contribution in [-0.4, -0.2) is 36.1 Å². The second-order valence-corrected chi connectivity index (χ2v) is 11.3. The van der Waals surface area contributed by atoms with Crippen LogP contribution in [0.4, 0.5) is 24.8 Å². The summed E-state index contributed by atoms with van der Waals surface area (Å²) in [6.45, 7) is 0.658. The summed E-state index contributed by atoms with van der Waals surface area (Å²) in [4.78, 5) is 21.0. The summed E-state index contributed by atoms with van der Waals surface area (Å²) >= 11 is 0. The summed E-state index contributed by atoms with van der Waals surface area (Å²) in [5, 5.41) is 9.44. The monoisotopic (exact) mass is 545 g/mol. The number of methoxy groups -OCH3 is 1. The van der Waals surface area contributed by atoms with Crippen LogP contribution in [0, 0.1) is 17.3 Å². The van der Waals surface area contributed by atoms with Gasteiger partial charge >= 0.3 is 6.18 Å². The molecule has 7 nitrogen and oxygen atoms in total. The zero-order valence-electron chi connectivity index (χ0n) is 22.7. The number of benzene rings is 1. The molecule has 10 heteroatoms. The van der Waals surface area contributed by atoms with E-state index in [0.717, 1.165) is 63.1 Å². The number of halogens is 3. The number of ether oxygens (including phenoxy) is 1. The summed E-state index contributed by atoms with van der Waals surface area (Å²) in [7, 11) is 3.39. The summed E-state index contributed by atoms with van der Waals surface area (Å²) in [5.74, 6) is 1.25. The summed E-state index contributed by atoms with van der Waals surface area (Å²) in [5.41, 5.74) is 0.817. The van der Waals surface area contributed by atoms with Gasteiger partial charge in [-0.1, -0.05) is 25.3 Å². The lowest BCUT2D eigenvalue weighted by molar-refractivity contribution is -0.138. The lowest BCUT2D eigenvalue weighted by Gasteiger charge is -2.36. The lowest BCUT2D eigenvalue weighted by atomic mass is 9.78. The molecule has 0 saturated heterocycles. The number of anilines is 2. The Morgan fingerprint density at radius 3 is 2.69 bits per heavy atom. The molecule has 3 saturated carbocycles. The van der Waals surface area contributed by atoms with Crippen molar-refractivity contribution >= 4 is 17.5 Å². The molecule has 0 aliphatic heterocycles. The van der Waals surface area contributed by atoms with Gasteiger partial charge in [0.15, 0.2) is 0 Å². The van der Waals surface area contributed by atoms with Crippen LogP contribution in [0.15, 0.2) is 24.4 Å². The van der Waals surface area contributed by atoms with E-state index in [1.165, 1.54) is 0 Å². The number of amides is 1. The van der Waals surface area contributed by atoms with Crippen molar-refractivity contribution in [1.82, 2.24) is 20.6 Å². The number of carbonyl (C=O) groups is 1. The molecular formula is C29H38F3N5O2. The van der Waals surface area contributed by atoms with Gasteiger partial charge < -0.3 is 20.7 Å². The van der Waals surface area contributed by atoms with Gasteiger partial charge in [0.2, 0.25) is 11.9 Å². The number of nitrogens with zero attached hydrogens (tertiary/aromatic N) is 2. The molecule has 1 amide bonds. The van der Waals surface area contributed by atoms with Crippen molar-refractivity contribution in [2.45, 2.75) is 83.0 Å². The molecule has 0 radical (unpaired) electrons. The van der Waals surface area contributed by atoms with Crippen molar-refractivity contribution in [3.8, 4) is 5.75 Å². The zero-order valence-corrected chi connectivity index (χ0v) is 22.7. The highest BCUT2D eigenvalue weighted by Gasteiger charge is 2.59. The highest BCUT2D eigenvalue weighted by atomic mass is 19.4. The van der Waals surface area contributed by atoms with E-state index >= 15 is 0 Å². The third-order valence-corrected chi connectivity index (χ3v) is 8.95. The molecule has 3 aliphatic rings. The van der Waals surface area contributed by atoms with E-state index in [1.54, 1.807) is 13.2 Å². The fourth-order valence-corrected chi connectivity index (χ4v) is 6.45. The number of rotatable bonds is 10. The van der Waals surface area contributed by atoms with E-state index in [1.807, 2.05) is 19.2 Å². The van der Waals surface area contributed by atoms with Gasteiger partial charge in [-0.15, -0.1) is 0 Å². The zero-order chi connectivity index (χ0) is 27.6. The molecule has 3 N–H and O–H groups in total. The number of nitrogens with one attached hydrogen (secondary N) is 3. The van der Waals surface area contributed by atoms with Gasteiger partial charge in [0, 0.05) is 24.7 Å². The molecule has 0 unspecified atom stereocenters. The number of aryl methyl sites for hydroxylation is 1. The molecular weight excluding hydrogens is 507 g/mol. The lowest BCUT2D eigenvalue weighted by Crippen LogP contribution is -2.47. The quantitative estimate of drug-likeness (QED) is 0.352. The Bertz CT molecular complexity index is 1190. The van der Waals surface area contributed by atoms with Crippen molar-refractivity contribution in [3.05, 3.63) is 41.2 Å². The van der Waals surface area contributed by atoms with Gasteiger partial charge in [0.25, 0.3) is 0 Å². The van der Waals surface area contributed by atoms with E-state index in [4.69, 9.17) is 4.74 Å². The van der Waals surface area contributed by atoms with Crippen molar-refractivity contribution in [2.24, 2.45) is 17.3 Å². The normalized spacial score (nSPS) is 24.7. The Morgan fingerprint density at radius 1 is 1.18 bits per heavy atom. The Labute approximate surface area is 227 Å². The van der Waals surface area contributed by atoms with Gasteiger partial charge in [-0.3, -0.25) is 4.79 Å².